The maximum absolute atomic E-state index is 12.7. The van der Waals surface area contributed by atoms with Crippen molar-refractivity contribution in [3.63, 3.8) is 0 Å². The molecule has 0 atom stereocenters. The molecule has 138 valence electrons. The highest BCUT2D eigenvalue weighted by molar-refractivity contribution is 7.99. The van der Waals surface area contributed by atoms with Gasteiger partial charge < -0.3 is 9.64 Å². The van der Waals surface area contributed by atoms with Crippen molar-refractivity contribution in [1.82, 2.24) is 25.1 Å². The molecule has 2 aliphatic rings. The molecule has 0 spiro atoms. The van der Waals surface area contributed by atoms with E-state index in [-0.39, 0.29) is 5.91 Å². The molecule has 1 saturated carbocycles. The van der Waals surface area contributed by atoms with Crippen LogP contribution in [0.1, 0.15) is 42.9 Å². The van der Waals surface area contributed by atoms with Crippen molar-refractivity contribution >= 4 is 17.7 Å². The van der Waals surface area contributed by atoms with Crippen molar-refractivity contribution in [2.75, 3.05) is 19.4 Å². The lowest BCUT2D eigenvalue weighted by Crippen LogP contribution is -2.37. The summed E-state index contributed by atoms with van der Waals surface area (Å²) in [6, 6.07) is 6.50. The highest BCUT2D eigenvalue weighted by Crippen LogP contribution is 2.31. The number of carbonyl (C=O) groups excluding carboxylic acids is 1. The van der Waals surface area contributed by atoms with Crippen LogP contribution in [0.3, 0.4) is 0 Å². The SMILES string of the molecule is COc1ccc2c(c1)CN(C(=O)CSc1nnnn1C1CCCC1)CC2. The van der Waals surface area contributed by atoms with Crippen molar-refractivity contribution in [2.45, 2.75) is 49.8 Å². The van der Waals surface area contributed by atoms with E-state index in [4.69, 9.17) is 4.74 Å². The summed E-state index contributed by atoms with van der Waals surface area (Å²) in [4.78, 5) is 14.6. The molecule has 0 N–H and O–H groups in total. The highest BCUT2D eigenvalue weighted by Gasteiger charge is 2.24. The van der Waals surface area contributed by atoms with Crippen molar-refractivity contribution in [2.24, 2.45) is 0 Å². The van der Waals surface area contributed by atoms with Crippen molar-refractivity contribution in [3.8, 4) is 5.75 Å². The zero-order valence-corrected chi connectivity index (χ0v) is 15.7. The van der Waals surface area contributed by atoms with Gasteiger partial charge in [-0.15, -0.1) is 5.10 Å². The Balaban J connectivity index is 1.38. The van der Waals surface area contributed by atoms with Crippen molar-refractivity contribution < 1.29 is 9.53 Å². The minimum Gasteiger partial charge on any atom is -0.497 e. The minimum absolute atomic E-state index is 0.129. The summed E-state index contributed by atoms with van der Waals surface area (Å²) in [5.41, 5.74) is 2.47. The molecule has 4 rings (SSSR count). The maximum atomic E-state index is 12.7. The number of methoxy groups -OCH3 is 1. The standard InChI is InChI=1S/C18H23N5O2S/c1-25-16-7-6-13-8-9-22(11-14(13)10-16)17(24)12-26-18-19-20-21-23(18)15-4-2-3-5-15/h6-7,10,15H,2-5,8-9,11-12H2,1H3. The van der Waals surface area contributed by atoms with Crippen LogP contribution in [0.25, 0.3) is 0 Å². The van der Waals surface area contributed by atoms with Gasteiger partial charge in [0.2, 0.25) is 11.1 Å². The first-order valence-electron chi connectivity index (χ1n) is 9.09. The Hall–Kier alpha value is -2.09. The first-order chi connectivity index (χ1) is 12.7. The molecular weight excluding hydrogens is 350 g/mol. The van der Waals surface area contributed by atoms with Gasteiger partial charge in [0.1, 0.15) is 5.75 Å². The number of aromatic nitrogens is 4. The second-order valence-electron chi connectivity index (χ2n) is 6.83. The molecule has 1 aliphatic heterocycles. The molecule has 1 aromatic heterocycles. The summed E-state index contributed by atoms with van der Waals surface area (Å²) in [5, 5.41) is 12.8. The van der Waals surface area contributed by atoms with Gasteiger partial charge in [0.05, 0.1) is 18.9 Å². The van der Waals surface area contributed by atoms with Crippen molar-refractivity contribution in [3.05, 3.63) is 29.3 Å². The molecule has 1 fully saturated rings. The lowest BCUT2D eigenvalue weighted by molar-refractivity contribution is -0.129. The largest absolute Gasteiger partial charge is 0.497 e. The summed E-state index contributed by atoms with van der Waals surface area (Å²) in [5.74, 6) is 1.33. The van der Waals surface area contributed by atoms with Crippen LogP contribution >= 0.6 is 11.8 Å². The number of hydrogen-bond acceptors (Lipinski definition) is 6. The predicted octanol–water partition coefficient (Wildman–Crippen LogP) is 2.47. The van der Waals surface area contributed by atoms with E-state index in [1.54, 1.807) is 7.11 Å². The van der Waals surface area contributed by atoms with E-state index in [0.29, 0.717) is 18.3 Å². The topological polar surface area (TPSA) is 73.1 Å². The monoisotopic (exact) mass is 373 g/mol. The van der Waals surface area contributed by atoms with Crippen LogP contribution in [0.5, 0.6) is 5.75 Å². The Morgan fingerprint density at radius 2 is 2.15 bits per heavy atom. The van der Waals surface area contributed by atoms with Crippen LogP contribution < -0.4 is 4.74 Å². The first-order valence-corrected chi connectivity index (χ1v) is 10.1. The van der Waals surface area contributed by atoms with E-state index in [1.807, 2.05) is 21.7 Å². The van der Waals surface area contributed by atoms with E-state index in [1.165, 1.54) is 35.7 Å². The molecule has 0 radical (unpaired) electrons. The molecule has 0 saturated heterocycles. The molecular formula is C18H23N5O2S. The Kier molecular flexibility index (Phi) is 5.10. The van der Waals surface area contributed by atoms with Gasteiger partial charge >= 0.3 is 0 Å². The number of thioether (sulfide) groups is 1. The second kappa shape index (κ2) is 7.65. The van der Waals surface area contributed by atoms with Crippen LogP contribution in [0, 0.1) is 0 Å². The maximum Gasteiger partial charge on any atom is 0.233 e. The van der Waals surface area contributed by atoms with E-state index in [9.17, 15) is 4.79 Å². The molecule has 0 unspecified atom stereocenters. The van der Waals surface area contributed by atoms with Gasteiger partial charge in [-0.05, 0) is 52.9 Å². The molecule has 1 aromatic carbocycles. The molecule has 26 heavy (non-hydrogen) atoms. The summed E-state index contributed by atoms with van der Waals surface area (Å²) in [6.45, 7) is 1.39. The third-order valence-electron chi connectivity index (χ3n) is 5.24. The fourth-order valence-electron chi connectivity index (χ4n) is 3.75. The number of nitrogens with zero attached hydrogens (tertiary/aromatic N) is 5. The Morgan fingerprint density at radius 3 is 2.96 bits per heavy atom. The Morgan fingerprint density at radius 1 is 1.31 bits per heavy atom. The zero-order chi connectivity index (χ0) is 17.9. The Bertz CT molecular complexity index is 788. The number of tetrazole rings is 1. The fourth-order valence-corrected chi connectivity index (χ4v) is 4.60. The van der Waals surface area contributed by atoms with Gasteiger partial charge in [-0.1, -0.05) is 30.7 Å². The van der Waals surface area contributed by atoms with Gasteiger partial charge in [0, 0.05) is 13.1 Å². The van der Waals surface area contributed by atoms with E-state index in [2.05, 4.69) is 21.6 Å². The smallest absolute Gasteiger partial charge is 0.233 e. The number of ether oxygens (including phenoxy) is 1. The number of fused-ring (bicyclic) bond motifs is 1. The van der Waals surface area contributed by atoms with Crippen LogP contribution in [-0.2, 0) is 17.8 Å². The summed E-state index contributed by atoms with van der Waals surface area (Å²) >= 11 is 1.44. The summed E-state index contributed by atoms with van der Waals surface area (Å²) < 4.78 is 7.21. The Labute approximate surface area is 157 Å². The first kappa shape index (κ1) is 17.3. The van der Waals surface area contributed by atoms with E-state index >= 15 is 0 Å². The van der Waals surface area contributed by atoms with Gasteiger partial charge in [0.25, 0.3) is 0 Å². The number of carbonyl (C=O) groups is 1. The lowest BCUT2D eigenvalue weighted by Gasteiger charge is -2.29. The minimum atomic E-state index is 0.129. The summed E-state index contributed by atoms with van der Waals surface area (Å²) in [6.07, 6.45) is 5.58. The molecule has 7 nitrogen and oxygen atoms in total. The molecule has 2 heterocycles. The van der Waals surface area contributed by atoms with Crippen LogP contribution in [0.4, 0.5) is 0 Å². The van der Waals surface area contributed by atoms with E-state index in [0.717, 1.165) is 36.7 Å². The quantitative estimate of drug-likeness (QED) is 0.750. The van der Waals surface area contributed by atoms with Gasteiger partial charge in [-0.25, -0.2) is 4.68 Å². The average Bonchev–Trinajstić information content (AvgIpc) is 3.36. The molecule has 8 heteroatoms. The average molecular weight is 373 g/mol. The molecule has 1 amide bonds. The molecule has 2 aromatic rings. The number of rotatable bonds is 5. The van der Waals surface area contributed by atoms with Gasteiger partial charge in [-0.2, -0.15) is 0 Å². The van der Waals surface area contributed by atoms with Crippen LogP contribution in [0.15, 0.2) is 23.4 Å². The van der Waals surface area contributed by atoms with E-state index < -0.39 is 0 Å². The number of hydrogen-bond donors (Lipinski definition) is 0. The normalized spacial score (nSPS) is 17.3. The van der Waals surface area contributed by atoms with Crippen LogP contribution in [0.2, 0.25) is 0 Å². The third kappa shape index (κ3) is 3.56. The number of amides is 1. The second-order valence-corrected chi connectivity index (χ2v) is 7.78. The van der Waals surface area contributed by atoms with Crippen molar-refractivity contribution in [1.29, 1.82) is 0 Å². The third-order valence-corrected chi connectivity index (χ3v) is 6.15. The number of benzene rings is 1. The summed E-state index contributed by atoms with van der Waals surface area (Å²) in [7, 11) is 1.67. The van der Waals surface area contributed by atoms with Crippen LogP contribution in [-0.4, -0.2) is 50.4 Å². The predicted molar refractivity (Wildman–Crippen MR) is 98.2 cm³/mol. The molecule has 0 bridgehead atoms. The van der Waals surface area contributed by atoms with Gasteiger partial charge in [-0.3, -0.25) is 4.79 Å². The van der Waals surface area contributed by atoms with Gasteiger partial charge in [0.15, 0.2) is 0 Å². The lowest BCUT2D eigenvalue weighted by atomic mass is 9.99. The highest BCUT2D eigenvalue weighted by atomic mass is 32.2. The zero-order valence-electron chi connectivity index (χ0n) is 14.9. The molecule has 1 aliphatic carbocycles. The fraction of sp³-hybridized carbons (Fsp3) is 0.556.